The number of nitrogens with one attached hydrogen (secondary N) is 1. The Balaban J connectivity index is 2.67. The van der Waals surface area contributed by atoms with Gasteiger partial charge in [-0.1, -0.05) is 45.0 Å². The third-order valence-electron chi connectivity index (χ3n) is 3.24. The molecule has 3 nitrogen and oxygen atoms in total. The lowest BCUT2D eigenvalue weighted by Gasteiger charge is -2.17. The van der Waals surface area contributed by atoms with Crippen molar-refractivity contribution in [1.29, 1.82) is 0 Å². The molecule has 0 heterocycles. The molecule has 1 rings (SSSR count). The molecule has 2 atom stereocenters. The van der Waals surface area contributed by atoms with Gasteiger partial charge in [0.1, 0.15) is 0 Å². The van der Waals surface area contributed by atoms with Crippen LogP contribution in [-0.4, -0.2) is 11.9 Å². The van der Waals surface area contributed by atoms with Gasteiger partial charge in [-0.3, -0.25) is 4.79 Å². The van der Waals surface area contributed by atoms with E-state index in [0.717, 1.165) is 5.56 Å². The van der Waals surface area contributed by atoms with Crippen LogP contribution in [0.4, 0.5) is 0 Å². The average molecular weight is 248 g/mol. The molecule has 0 radical (unpaired) electrons. The van der Waals surface area contributed by atoms with Gasteiger partial charge in [-0.25, -0.2) is 0 Å². The van der Waals surface area contributed by atoms with Crippen LogP contribution in [0.1, 0.15) is 57.2 Å². The summed E-state index contributed by atoms with van der Waals surface area (Å²) in [6.45, 7) is 8.22. The number of carbonyl (C=O) groups is 1. The lowest BCUT2D eigenvalue weighted by Crippen LogP contribution is -2.41. The van der Waals surface area contributed by atoms with Gasteiger partial charge in [0, 0.05) is 0 Å². The average Bonchev–Trinajstić information content (AvgIpc) is 2.37. The zero-order chi connectivity index (χ0) is 13.7. The molecular weight excluding hydrogens is 224 g/mol. The maximum Gasteiger partial charge on any atom is 0.237 e. The van der Waals surface area contributed by atoms with Crippen LogP contribution in [0.3, 0.4) is 0 Å². The highest BCUT2D eigenvalue weighted by Gasteiger charge is 2.14. The number of nitrogens with two attached hydrogens (primary N) is 1. The second-order valence-electron chi connectivity index (χ2n) is 5.07. The van der Waals surface area contributed by atoms with Crippen molar-refractivity contribution in [3.8, 4) is 0 Å². The smallest absolute Gasteiger partial charge is 0.237 e. The van der Waals surface area contributed by atoms with Crippen LogP contribution in [0.25, 0.3) is 0 Å². The van der Waals surface area contributed by atoms with Gasteiger partial charge in [0.15, 0.2) is 0 Å². The second-order valence-corrected chi connectivity index (χ2v) is 5.07. The first-order chi connectivity index (χ1) is 8.45. The molecule has 0 bridgehead atoms. The molecular formula is C15H24N2O. The van der Waals surface area contributed by atoms with Crippen LogP contribution in [0, 0.1) is 0 Å². The quantitative estimate of drug-likeness (QED) is 0.841. The van der Waals surface area contributed by atoms with Crippen molar-refractivity contribution in [2.45, 2.75) is 52.1 Å². The molecule has 0 aliphatic carbocycles. The predicted octanol–water partition coefficient (Wildman–Crippen LogP) is 2.72. The molecule has 0 saturated heterocycles. The maximum atomic E-state index is 11.7. The Kier molecular flexibility index (Phi) is 5.35. The Morgan fingerprint density at radius 2 is 1.67 bits per heavy atom. The van der Waals surface area contributed by atoms with Gasteiger partial charge in [-0.15, -0.1) is 0 Å². The van der Waals surface area contributed by atoms with Crippen LogP contribution in [0.2, 0.25) is 0 Å². The number of carbonyl (C=O) groups excluding carboxylic acids is 1. The second kappa shape index (κ2) is 6.55. The van der Waals surface area contributed by atoms with E-state index in [0.29, 0.717) is 12.3 Å². The first-order valence-corrected chi connectivity index (χ1v) is 6.61. The SMILES string of the molecule is CC[C@@H](N)C(=O)NC(C)c1ccc(C(C)C)cc1. The van der Waals surface area contributed by atoms with Gasteiger partial charge < -0.3 is 11.1 Å². The number of amides is 1. The van der Waals surface area contributed by atoms with Gasteiger partial charge >= 0.3 is 0 Å². The molecule has 0 aliphatic rings. The molecule has 3 heteroatoms. The monoisotopic (exact) mass is 248 g/mol. The van der Waals surface area contributed by atoms with E-state index in [1.807, 2.05) is 13.8 Å². The van der Waals surface area contributed by atoms with Crippen molar-refractivity contribution in [2.24, 2.45) is 5.73 Å². The van der Waals surface area contributed by atoms with Crippen molar-refractivity contribution in [3.63, 3.8) is 0 Å². The molecule has 0 saturated carbocycles. The highest BCUT2D eigenvalue weighted by atomic mass is 16.2. The van der Waals surface area contributed by atoms with E-state index >= 15 is 0 Å². The van der Waals surface area contributed by atoms with E-state index in [2.05, 4.69) is 43.4 Å². The van der Waals surface area contributed by atoms with Gasteiger partial charge in [0.2, 0.25) is 5.91 Å². The molecule has 0 aliphatic heterocycles. The summed E-state index contributed by atoms with van der Waals surface area (Å²) >= 11 is 0. The third kappa shape index (κ3) is 3.84. The molecule has 0 spiro atoms. The molecule has 1 amide bonds. The summed E-state index contributed by atoms with van der Waals surface area (Å²) in [5.74, 6) is 0.440. The molecule has 18 heavy (non-hydrogen) atoms. The van der Waals surface area contributed by atoms with E-state index in [4.69, 9.17) is 5.73 Å². The number of benzene rings is 1. The maximum absolute atomic E-state index is 11.7. The Labute approximate surface area is 110 Å². The molecule has 3 N–H and O–H groups in total. The lowest BCUT2D eigenvalue weighted by molar-refractivity contribution is -0.123. The van der Waals surface area contributed by atoms with Crippen LogP contribution in [0.15, 0.2) is 24.3 Å². The zero-order valence-electron chi connectivity index (χ0n) is 11.7. The minimum absolute atomic E-state index is 0.00341. The molecule has 100 valence electrons. The molecule has 0 aromatic heterocycles. The van der Waals surface area contributed by atoms with E-state index in [1.165, 1.54) is 5.56 Å². The van der Waals surface area contributed by atoms with Crippen LogP contribution in [-0.2, 0) is 4.79 Å². The standard InChI is InChI=1S/C15H24N2O/c1-5-14(16)15(18)17-11(4)13-8-6-12(7-9-13)10(2)3/h6-11,14H,5,16H2,1-4H3,(H,17,18)/t11?,14-/m1/s1. The first-order valence-electron chi connectivity index (χ1n) is 6.61. The summed E-state index contributed by atoms with van der Waals surface area (Å²) in [5.41, 5.74) is 8.11. The van der Waals surface area contributed by atoms with Gasteiger partial charge in [0.25, 0.3) is 0 Å². The summed E-state index contributed by atoms with van der Waals surface area (Å²) in [5, 5.41) is 2.93. The van der Waals surface area contributed by atoms with E-state index in [-0.39, 0.29) is 11.9 Å². The number of hydrogen-bond donors (Lipinski definition) is 2. The Bertz CT molecular complexity index is 384. The van der Waals surface area contributed by atoms with Crippen molar-refractivity contribution in [2.75, 3.05) is 0 Å². The highest BCUT2D eigenvalue weighted by Crippen LogP contribution is 2.18. The summed E-state index contributed by atoms with van der Waals surface area (Å²) in [6, 6.07) is 7.94. The Morgan fingerprint density at radius 3 is 2.11 bits per heavy atom. The highest BCUT2D eigenvalue weighted by molar-refractivity contribution is 5.81. The number of rotatable bonds is 5. The zero-order valence-corrected chi connectivity index (χ0v) is 11.7. The van der Waals surface area contributed by atoms with Crippen LogP contribution in [0.5, 0.6) is 0 Å². The van der Waals surface area contributed by atoms with Crippen molar-refractivity contribution >= 4 is 5.91 Å². The largest absolute Gasteiger partial charge is 0.348 e. The summed E-state index contributed by atoms with van der Waals surface area (Å²) in [4.78, 5) is 11.7. The Hall–Kier alpha value is -1.35. The van der Waals surface area contributed by atoms with Crippen molar-refractivity contribution < 1.29 is 4.79 Å². The van der Waals surface area contributed by atoms with Gasteiger partial charge in [0.05, 0.1) is 12.1 Å². The van der Waals surface area contributed by atoms with Gasteiger partial charge in [-0.05, 0) is 30.4 Å². The van der Waals surface area contributed by atoms with Crippen molar-refractivity contribution in [1.82, 2.24) is 5.32 Å². The summed E-state index contributed by atoms with van der Waals surface area (Å²) < 4.78 is 0. The fraction of sp³-hybridized carbons (Fsp3) is 0.533. The molecule has 1 unspecified atom stereocenters. The predicted molar refractivity (Wildman–Crippen MR) is 75.4 cm³/mol. The lowest BCUT2D eigenvalue weighted by atomic mass is 9.99. The van der Waals surface area contributed by atoms with E-state index in [1.54, 1.807) is 0 Å². The fourth-order valence-electron chi connectivity index (χ4n) is 1.76. The molecule has 1 aromatic rings. The minimum atomic E-state index is -0.414. The molecule has 1 aromatic carbocycles. The minimum Gasteiger partial charge on any atom is -0.348 e. The van der Waals surface area contributed by atoms with E-state index < -0.39 is 6.04 Å². The normalized spacial score (nSPS) is 14.3. The summed E-state index contributed by atoms with van der Waals surface area (Å²) in [6.07, 6.45) is 0.658. The number of hydrogen-bond acceptors (Lipinski definition) is 2. The van der Waals surface area contributed by atoms with Crippen LogP contribution >= 0.6 is 0 Å². The van der Waals surface area contributed by atoms with Gasteiger partial charge in [-0.2, -0.15) is 0 Å². The van der Waals surface area contributed by atoms with E-state index in [9.17, 15) is 4.79 Å². The third-order valence-corrected chi connectivity index (χ3v) is 3.24. The molecule has 0 fully saturated rings. The topological polar surface area (TPSA) is 55.1 Å². The Morgan fingerprint density at radius 1 is 1.17 bits per heavy atom. The van der Waals surface area contributed by atoms with Crippen LogP contribution < -0.4 is 11.1 Å². The first kappa shape index (κ1) is 14.7. The summed E-state index contributed by atoms with van der Waals surface area (Å²) in [7, 11) is 0. The van der Waals surface area contributed by atoms with Crippen molar-refractivity contribution in [3.05, 3.63) is 35.4 Å². The fourth-order valence-corrected chi connectivity index (χ4v) is 1.76.